The van der Waals surface area contributed by atoms with E-state index in [1.54, 1.807) is 25.3 Å². The van der Waals surface area contributed by atoms with E-state index in [9.17, 15) is 9.59 Å². The first-order valence-corrected chi connectivity index (χ1v) is 10.3. The van der Waals surface area contributed by atoms with Gasteiger partial charge in [-0.3, -0.25) is 9.59 Å². The topological polar surface area (TPSA) is 61.9 Å². The molecule has 0 bridgehead atoms. The van der Waals surface area contributed by atoms with Crippen molar-refractivity contribution in [1.82, 2.24) is 4.90 Å². The van der Waals surface area contributed by atoms with Gasteiger partial charge in [0.15, 0.2) is 0 Å². The molecule has 2 amide bonds. The molecule has 1 N–H and O–H groups in total. The van der Waals surface area contributed by atoms with Crippen LogP contribution >= 0.6 is 0 Å². The molecule has 4 rings (SSSR count). The third kappa shape index (κ3) is 4.06. The number of hydrogen-bond donors (Lipinski definition) is 1. The van der Waals surface area contributed by atoms with Crippen LogP contribution in [0.4, 0.5) is 11.4 Å². The summed E-state index contributed by atoms with van der Waals surface area (Å²) in [6.45, 7) is 3.53. The zero-order valence-corrected chi connectivity index (χ0v) is 16.8. The fraction of sp³-hybridized carbons (Fsp3) is 0.391. The molecule has 2 aliphatic rings. The van der Waals surface area contributed by atoms with Crippen LogP contribution in [0.25, 0.3) is 0 Å². The van der Waals surface area contributed by atoms with Crippen LogP contribution in [0.5, 0.6) is 5.75 Å². The molecular weight excluding hydrogens is 366 g/mol. The minimum absolute atomic E-state index is 0.0535. The summed E-state index contributed by atoms with van der Waals surface area (Å²) in [5.41, 5.74) is 2.72. The Hall–Kier alpha value is -3.02. The molecule has 0 spiro atoms. The van der Waals surface area contributed by atoms with Crippen molar-refractivity contribution in [3.63, 3.8) is 0 Å². The van der Waals surface area contributed by atoms with Gasteiger partial charge in [0.25, 0.3) is 11.8 Å². The Balaban J connectivity index is 1.63. The molecule has 2 aromatic rings. The monoisotopic (exact) mass is 393 g/mol. The number of hydrogen-bond acceptors (Lipinski definition) is 4. The Labute approximate surface area is 171 Å². The van der Waals surface area contributed by atoms with Crippen LogP contribution in [-0.2, 0) is 0 Å². The van der Waals surface area contributed by atoms with E-state index in [2.05, 4.69) is 10.2 Å². The number of carbonyl (C=O) groups is 2. The van der Waals surface area contributed by atoms with E-state index in [4.69, 9.17) is 4.74 Å². The molecule has 0 aliphatic carbocycles. The molecule has 6 heteroatoms. The van der Waals surface area contributed by atoms with Gasteiger partial charge in [-0.25, -0.2) is 0 Å². The van der Waals surface area contributed by atoms with Gasteiger partial charge in [-0.05, 0) is 56.0 Å². The van der Waals surface area contributed by atoms with Crippen molar-refractivity contribution in [3.05, 3.63) is 53.6 Å². The van der Waals surface area contributed by atoms with Crippen molar-refractivity contribution in [1.29, 1.82) is 0 Å². The number of likely N-dealkylation sites (tertiary alicyclic amines) is 1. The first-order chi connectivity index (χ1) is 14.2. The van der Waals surface area contributed by atoms with Crippen LogP contribution in [0.3, 0.4) is 0 Å². The van der Waals surface area contributed by atoms with Crippen LogP contribution in [0.2, 0.25) is 0 Å². The number of ether oxygens (including phenoxy) is 1. The summed E-state index contributed by atoms with van der Waals surface area (Å²) in [6, 6.07) is 12.8. The molecule has 0 atom stereocenters. The minimum atomic E-state index is -0.254. The van der Waals surface area contributed by atoms with Gasteiger partial charge in [0.05, 0.1) is 18.2 Å². The lowest BCUT2D eigenvalue weighted by Gasteiger charge is -2.24. The molecule has 152 valence electrons. The van der Waals surface area contributed by atoms with Gasteiger partial charge in [0.1, 0.15) is 5.75 Å². The van der Waals surface area contributed by atoms with Crippen LogP contribution in [0.15, 0.2) is 42.5 Å². The van der Waals surface area contributed by atoms with Gasteiger partial charge in [-0.15, -0.1) is 0 Å². The highest BCUT2D eigenvalue weighted by Crippen LogP contribution is 2.30. The van der Waals surface area contributed by atoms with Gasteiger partial charge >= 0.3 is 0 Å². The van der Waals surface area contributed by atoms with Crippen LogP contribution in [0.1, 0.15) is 46.4 Å². The lowest BCUT2D eigenvalue weighted by Crippen LogP contribution is -2.30. The number of methoxy groups -OCH3 is 1. The molecule has 29 heavy (non-hydrogen) atoms. The number of nitrogens with zero attached hydrogens (tertiary/aromatic N) is 2. The number of nitrogens with one attached hydrogen (secondary N) is 1. The Morgan fingerprint density at radius 1 is 0.897 bits per heavy atom. The average molecular weight is 393 g/mol. The summed E-state index contributed by atoms with van der Waals surface area (Å²) in [7, 11) is 1.55. The smallest absolute Gasteiger partial charge is 0.259 e. The van der Waals surface area contributed by atoms with E-state index in [0.717, 1.165) is 57.5 Å². The normalized spacial score (nSPS) is 16.2. The third-order valence-corrected chi connectivity index (χ3v) is 5.68. The maximum atomic E-state index is 13.2. The number of benzene rings is 2. The lowest BCUT2D eigenvalue weighted by atomic mass is 10.1. The van der Waals surface area contributed by atoms with Gasteiger partial charge in [0.2, 0.25) is 0 Å². The molecule has 0 radical (unpaired) electrons. The molecule has 2 saturated heterocycles. The number of rotatable bonds is 5. The predicted octanol–water partition coefficient (Wildman–Crippen LogP) is 3.78. The first-order valence-electron chi connectivity index (χ1n) is 10.3. The summed E-state index contributed by atoms with van der Waals surface area (Å²) in [5.74, 6) is 0.320. The van der Waals surface area contributed by atoms with Gasteiger partial charge < -0.3 is 19.9 Å². The van der Waals surface area contributed by atoms with E-state index >= 15 is 0 Å². The zero-order valence-electron chi connectivity index (χ0n) is 16.8. The van der Waals surface area contributed by atoms with Gasteiger partial charge in [-0.2, -0.15) is 0 Å². The van der Waals surface area contributed by atoms with Crippen molar-refractivity contribution in [3.8, 4) is 5.75 Å². The quantitative estimate of drug-likeness (QED) is 0.840. The fourth-order valence-corrected chi connectivity index (χ4v) is 4.14. The van der Waals surface area contributed by atoms with E-state index < -0.39 is 0 Å². The summed E-state index contributed by atoms with van der Waals surface area (Å²) >= 11 is 0. The Morgan fingerprint density at radius 2 is 1.59 bits per heavy atom. The minimum Gasteiger partial charge on any atom is -0.496 e. The van der Waals surface area contributed by atoms with Gasteiger partial charge in [-0.1, -0.05) is 12.1 Å². The molecule has 0 unspecified atom stereocenters. The van der Waals surface area contributed by atoms with Crippen LogP contribution in [-0.4, -0.2) is 50.0 Å². The van der Waals surface area contributed by atoms with Crippen molar-refractivity contribution >= 4 is 23.2 Å². The molecule has 2 aromatic carbocycles. The number of anilines is 2. The van der Waals surface area contributed by atoms with E-state index in [-0.39, 0.29) is 11.8 Å². The van der Waals surface area contributed by atoms with Crippen LogP contribution < -0.4 is 15.0 Å². The SMILES string of the molecule is COc1ccccc1C(=O)Nc1ccc(N2CCCC2)c(C(=O)N2CCCC2)c1. The summed E-state index contributed by atoms with van der Waals surface area (Å²) < 4.78 is 5.29. The summed E-state index contributed by atoms with van der Waals surface area (Å²) in [6.07, 6.45) is 4.39. The van der Waals surface area contributed by atoms with Crippen molar-refractivity contribution in [2.45, 2.75) is 25.7 Å². The van der Waals surface area contributed by atoms with Crippen LogP contribution in [0, 0.1) is 0 Å². The highest BCUT2D eigenvalue weighted by molar-refractivity contribution is 6.07. The Kier molecular flexibility index (Phi) is 5.69. The van der Waals surface area contributed by atoms with E-state index in [1.165, 1.54) is 0 Å². The zero-order chi connectivity index (χ0) is 20.2. The Morgan fingerprint density at radius 3 is 2.31 bits per heavy atom. The standard InChI is InChI=1S/C23H27N3O3/c1-29-21-9-3-2-8-18(21)22(27)24-17-10-11-20(25-12-4-5-13-25)19(16-17)23(28)26-14-6-7-15-26/h2-3,8-11,16H,4-7,12-15H2,1H3,(H,24,27). The van der Waals surface area contributed by atoms with Crippen molar-refractivity contribution in [2.24, 2.45) is 0 Å². The Bertz CT molecular complexity index is 900. The predicted molar refractivity (Wildman–Crippen MR) is 114 cm³/mol. The van der Waals surface area contributed by atoms with E-state index in [1.807, 2.05) is 29.2 Å². The van der Waals surface area contributed by atoms with Gasteiger partial charge in [0, 0.05) is 37.6 Å². The third-order valence-electron chi connectivity index (χ3n) is 5.68. The van der Waals surface area contributed by atoms with E-state index in [0.29, 0.717) is 22.6 Å². The summed E-state index contributed by atoms with van der Waals surface area (Å²) in [5, 5.41) is 2.93. The highest BCUT2D eigenvalue weighted by Gasteiger charge is 2.26. The molecule has 2 heterocycles. The largest absolute Gasteiger partial charge is 0.496 e. The molecule has 0 saturated carbocycles. The van der Waals surface area contributed by atoms with Crippen molar-refractivity contribution in [2.75, 3.05) is 43.5 Å². The fourth-order valence-electron chi connectivity index (χ4n) is 4.14. The highest BCUT2D eigenvalue weighted by atomic mass is 16.5. The number of amides is 2. The molecule has 0 aromatic heterocycles. The number of para-hydroxylation sites is 1. The molecule has 2 aliphatic heterocycles. The summed E-state index contributed by atoms with van der Waals surface area (Å²) in [4.78, 5) is 30.2. The second-order valence-corrected chi connectivity index (χ2v) is 7.58. The molecule has 2 fully saturated rings. The second-order valence-electron chi connectivity index (χ2n) is 7.58. The van der Waals surface area contributed by atoms with Crippen molar-refractivity contribution < 1.29 is 14.3 Å². The maximum Gasteiger partial charge on any atom is 0.259 e. The second kappa shape index (κ2) is 8.55. The first kappa shape index (κ1) is 19.3. The average Bonchev–Trinajstić information content (AvgIpc) is 3.47. The molecule has 6 nitrogen and oxygen atoms in total. The molecular formula is C23H27N3O3. The lowest BCUT2D eigenvalue weighted by molar-refractivity contribution is 0.0793. The maximum absolute atomic E-state index is 13.2. The number of carbonyl (C=O) groups excluding carboxylic acids is 2.